The molecule has 2 aromatic heterocycles. The van der Waals surface area contributed by atoms with Crippen LogP contribution in [0.2, 0.25) is 0 Å². The van der Waals surface area contributed by atoms with Gasteiger partial charge in [-0.2, -0.15) is 5.10 Å². The second-order valence-corrected chi connectivity index (χ2v) is 8.05. The second-order valence-electron chi connectivity index (χ2n) is 8.05. The van der Waals surface area contributed by atoms with Crippen molar-refractivity contribution in [3.8, 4) is 11.3 Å². The van der Waals surface area contributed by atoms with E-state index >= 15 is 0 Å². The molecule has 6 nitrogen and oxygen atoms in total. The zero-order chi connectivity index (χ0) is 20.5. The molecule has 1 saturated heterocycles. The SMILES string of the molecule is Cc1cccc(CC(=O)N2CCCCC2c2c(-c3onc(C)c3C)cnn2C)c1. The minimum absolute atomic E-state index is 0.00614. The van der Waals surface area contributed by atoms with E-state index in [1.165, 1.54) is 5.56 Å². The maximum atomic E-state index is 13.3. The van der Waals surface area contributed by atoms with Gasteiger partial charge >= 0.3 is 0 Å². The van der Waals surface area contributed by atoms with Crippen molar-refractivity contribution in [3.63, 3.8) is 0 Å². The Balaban J connectivity index is 1.67. The number of likely N-dealkylation sites (tertiary alicyclic amines) is 1. The van der Waals surface area contributed by atoms with E-state index < -0.39 is 0 Å². The van der Waals surface area contributed by atoms with E-state index in [1.807, 2.05) is 48.8 Å². The van der Waals surface area contributed by atoms with Crippen LogP contribution < -0.4 is 0 Å². The molecule has 4 rings (SSSR count). The van der Waals surface area contributed by atoms with Crippen molar-refractivity contribution in [1.82, 2.24) is 19.8 Å². The molecule has 1 unspecified atom stereocenters. The fourth-order valence-electron chi connectivity index (χ4n) is 4.30. The molecule has 1 atom stereocenters. The molecule has 0 aliphatic carbocycles. The topological polar surface area (TPSA) is 64.2 Å². The summed E-state index contributed by atoms with van der Waals surface area (Å²) < 4.78 is 7.51. The van der Waals surface area contributed by atoms with Crippen LogP contribution >= 0.6 is 0 Å². The Morgan fingerprint density at radius 2 is 2.07 bits per heavy atom. The smallest absolute Gasteiger partial charge is 0.227 e. The number of carbonyl (C=O) groups is 1. The van der Waals surface area contributed by atoms with Crippen LogP contribution in [-0.2, 0) is 18.3 Å². The van der Waals surface area contributed by atoms with Crippen LogP contribution in [0.25, 0.3) is 11.3 Å². The highest BCUT2D eigenvalue weighted by molar-refractivity contribution is 5.80. The molecule has 0 bridgehead atoms. The summed E-state index contributed by atoms with van der Waals surface area (Å²) >= 11 is 0. The minimum Gasteiger partial charge on any atom is -0.356 e. The fourth-order valence-corrected chi connectivity index (χ4v) is 4.30. The Bertz CT molecular complexity index is 1030. The Morgan fingerprint density at radius 3 is 2.79 bits per heavy atom. The van der Waals surface area contributed by atoms with Gasteiger partial charge in [0.05, 0.1) is 35.6 Å². The predicted octanol–water partition coefficient (Wildman–Crippen LogP) is 4.30. The highest BCUT2D eigenvalue weighted by Gasteiger charge is 2.33. The summed E-state index contributed by atoms with van der Waals surface area (Å²) in [4.78, 5) is 15.3. The van der Waals surface area contributed by atoms with Crippen molar-refractivity contribution >= 4 is 5.91 Å². The molecular formula is C23H28N4O2. The van der Waals surface area contributed by atoms with Crippen molar-refractivity contribution in [2.45, 2.75) is 52.5 Å². The molecule has 0 radical (unpaired) electrons. The number of carbonyl (C=O) groups excluding carboxylic acids is 1. The first-order valence-electron chi connectivity index (χ1n) is 10.3. The monoisotopic (exact) mass is 392 g/mol. The highest BCUT2D eigenvalue weighted by atomic mass is 16.5. The van der Waals surface area contributed by atoms with Gasteiger partial charge in [-0.1, -0.05) is 35.0 Å². The van der Waals surface area contributed by atoms with Crippen LogP contribution in [0.4, 0.5) is 0 Å². The van der Waals surface area contributed by atoms with Crippen LogP contribution in [0.1, 0.15) is 53.4 Å². The number of nitrogens with zero attached hydrogens (tertiary/aromatic N) is 4. The first-order valence-corrected chi connectivity index (χ1v) is 10.3. The highest BCUT2D eigenvalue weighted by Crippen LogP contribution is 2.38. The van der Waals surface area contributed by atoms with Gasteiger partial charge in [-0.25, -0.2) is 0 Å². The molecular weight excluding hydrogens is 364 g/mol. The second kappa shape index (κ2) is 7.85. The number of hydrogen-bond donors (Lipinski definition) is 0. The molecule has 1 fully saturated rings. The summed E-state index contributed by atoms with van der Waals surface area (Å²) in [5.41, 5.74) is 6.10. The van der Waals surface area contributed by atoms with Crippen molar-refractivity contribution in [1.29, 1.82) is 0 Å². The van der Waals surface area contributed by atoms with Crippen LogP contribution in [0.3, 0.4) is 0 Å². The van der Waals surface area contributed by atoms with Crippen molar-refractivity contribution in [3.05, 3.63) is 58.5 Å². The van der Waals surface area contributed by atoms with Crippen molar-refractivity contribution in [2.75, 3.05) is 6.54 Å². The zero-order valence-electron chi connectivity index (χ0n) is 17.6. The predicted molar refractivity (Wildman–Crippen MR) is 111 cm³/mol. The third-order valence-electron chi connectivity index (χ3n) is 5.96. The molecule has 0 N–H and O–H groups in total. The summed E-state index contributed by atoms with van der Waals surface area (Å²) in [6.07, 6.45) is 5.31. The number of benzene rings is 1. The fraction of sp³-hybridized carbons (Fsp3) is 0.435. The van der Waals surface area contributed by atoms with Crippen LogP contribution in [0.5, 0.6) is 0 Å². The average molecular weight is 393 g/mol. The van der Waals surface area contributed by atoms with E-state index in [1.54, 1.807) is 0 Å². The standard InChI is InChI=1S/C23H28N4O2/c1-15-8-7-9-18(12-15)13-21(28)27-11-6-5-10-20(27)22-19(14-24-26(22)4)23-16(2)17(3)25-29-23/h7-9,12,14,20H,5-6,10-11,13H2,1-4H3. The first-order chi connectivity index (χ1) is 14.0. The lowest BCUT2D eigenvalue weighted by atomic mass is 9.94. The van der Waals surface area contributed by atoms with Crippen LogP contribution in [0, 0.1) is 20.8 Å². The summed E-state index contributed by atoms with van der Waals surface area (Å²) in [6, 6.07) is 8.18. The Hall–Kier alpha value is -2.89. The largest absolute Gasteiger partial charge is 0.356 e. The van der Waals surface area contributed by atoms with Gasteiger partial charge in [0.2, 0.25) is 5.91 Å². The van der Waals surface area contributed by atoms with Crippen LogP contribution in [-0.4, -0.2) is 32.3 Å². The molecule has 29 heavy (non-hydrogen) atoms. The minimum atomic E-state index is -0.00614. The summed E-state index contributed by atoms with van der Waals surface area (Å²) in [6.45, 7) is 6.78. The summed E-state index contributed by atoms with van der Waals surface area (Å²) in [5.74, 6) is 0.917. The van der Waals surface area contributed by atoms with Gasteiger partial charge < -0.3 is 9.42 Å². The number of hydrogen-bond acceptors (Lipinski definition) is 4. The number of piperidine rings is 1. The normalized spacial score (nSPS) is 17.0. The Kier molecular flexibility index (Phi) is 5.26. The van der Waals surface area contributed by atoms with E-state index in [0.29, 0.717) is 6.42 Å². The molecule has 1 aromatic carbocycles. The number of aromatic nitrogens is 3. The number of amides is 1. The average Bonchev–Trinajstić information content (AvgIpc) is 3.24. The van der Waals surface area contributed by atoms with Gasteiger partial charge in [0.15, 0.2) is 5.76 Å². The van der Waals surface area contributed by atoms with Crippen molar-refractivity contribution in [2.24, 2.45) is 7.05 Å². The van der Waals surface area contributed by atoms with Crippen LogP contribution in [0.15, 0.2) is 35.0 Å². The number of aryl methyl sites for hydroxylation is 3. The van der Waals surface area contributed by atoms with E-state index in [9.17, 15) is 4.79 Å². The molecule has 3 heterocycles. The maximum absolute atomic E-state index is 13.3. The van der Waals surface area contributed by atoms with E-state index in [-0.39, 0.29) is 11.9 Å². The molecule has 1 aliphatic rings. The summed E-state index contributed by atoms with van der Waals surface area (Å²) in [5, 5.41) is 8.61. The maximum Gasteiger partial charge on any atom is 0.227 e. The van der Waals surface area contributed by atoms with Gasteiger partial charge in [-0.15, -0.1) is 0 Å². The molecule has 0 saturated carbocycles. The van der Waals surface area contributed by atoms with Gasteiger partial charge in [0.1, 0.15) is 0 Å². The zero-order valence-corrected chi connectivity index (χ0v) is 17.6. The van der Waals surface area contributed by atoms with Crippen molar-refractivity contribution < 1.29 is 9.32 Å². The van der Waals surface area contributed by atoms with Gasteiger partial charge in [-0.3, -0.25) is 9.48 Å². The Morgan fingerprint density at radius 1 is 1.24 bits per heavy atom. The van der Waals surface area contributed by atoms with Gasteiger partial charge in [0.25, 0.3) is 0 Å². The number of rotatable bonds is 4. The molecule has 1 aliphatic heterocycles. The lowest BCUT2D eigenvalue weighted by Gasteiger charge is -2.36. The van der Waals surface area contributed by atoms with E-state index in [4.69, 9.17) is 4.52 Å². The third-order valence-corrected chi connectivity index (χ3v) is 5.96. The molecule has 3 aromatic rings. The lowest BCUT2D eigenvalue weighted by Crippen LogP contribution is -2.40. The third kappa shape index (κ3) is 3.71. The summed E-state index contributed by atoms with van der Waals surface area (Å²) in [7, 11) is 1.94. The molecule has 1 amide bonds. The van der Waals surface area contributed by atoms with Gasteiger partial charge in [0, 0.05) is 19.2 Å². The Labute approximate surface area is 171 Å². The first kappa shape index (κ1) is 19.4. The van der Waals surface area contributed by atoms with E-state index in [2.05, 4.69) is 29.3 Å². The quantitative estimate of drug-likeness (QED) is 0.664. The van der Waals surface area contributed by atoms with E-state index in [0.717, 1.165) is 59.6 Å². The molecule has 6 heteroatoms. The van der Waals surface area contributed by atoms with Gasteiger partial charge in [-0.05, 0) is 45.6 Å². The lowest BCUT2D eigenvalue weighted by molar-refractivity contribution is -0.134. The molecule has 0 spiro atoms. The molecule has 152 valence electrons.